The Kier molecular flexibility index (Phi) is 3.05. The number of anilines is 1. The van der Waals surface area contributed by atoms with E-state index in [1.54, 1.807) is 41.2 Å². The quantitative estimate of drug-likeness (QED) is 0.600. The number of nitrogens with zero attached hydrogens (tertiary/aromatic N) is 5. The van der Waals surface area contributed by atoms with Gasteiger partial charge in [-0.2, -0.15) is 0 Å². The molecule has 8 nitrogen and oxygen atoms in total. The minimum Gasteiger partial charge on any atom is -0.306 e. The first-order valence-electron chi connectivity index (χ1n) is 6.87. The standard InChI is InChI=1S/C15H11N7O/c23-15(19-13-3-1-2-6-16-13)12-9-22-8-10(4-5-14(22)18-12)11-7-17-21-20-11/h1-9H,(H,16,19,23)(H,17,20,21). The predicted molar refractivity (Wildman–Crippen MR) is 82.8 cm³/mol. The number of carbonyl (C=O) groups is 1. The first-order valence-corrected chi connectivity index (χ1v) is 6.87. The first-order chi connectivity index (χ1) is 11.3. The third kappa shape index (κ3) is 2.53. The Labute approximate surface area is 130 Å². The Hall–Kier alpha value is -3.55. The zero-order chi connectivity index (χ0) is 15.6. The van der Waals surface area contributed by atoms with Crippen molar-refractivity contribution in [2.75, 3.05) is 5.32 Å². The molecule has 0 saturated carbocycles. The number of hydrogen-bond donors (Lipinski definition) is 2. The second kappa shape index (κ2) is 5.34. The molecule has 0 saturated heterocycles. The van der Waals surface area contributed by atoms with Crippen LogP contribution in [-0.2, 0) is 0 Å². The second-order valence-corrected chi connectivity index (χ2v) is 4.84. The summed E-state index contributed by atoms with van der Waals surface area (Å²) in [5, 5.41) is 13.0. The van der Waals surface area contributed by atoms with Gasteiger partial charge in [0.2, 0.25) is 0 Å². The molecule has 0 bridgehead atoms. The predicted octanol–water partition coefficient (Wildman–Crippen LogP) is 1.77. The average molecular weight is 305 g/mol. The molecular weight excluding hydrogens is 294 g/mol. The van der Waals surface area contributed by atoms with Crippen LogP contribution in [0.25, 0.3) is 16.9 Å². The summed E-state index contributed by atoms with van der Waals surface area (Å²) in [5.74, 6) is 0.174. The minimum absolute atomic E-state index is 0.310. The number of pyridine rings is 2. The fraction of sp³-hybridized carbons (Fsp3) is 0. The Bertz CT molecular complexity index is 960. The smallest absolute Gasteiger partial charge is 0.277 e. The molecule has 4 aromatic heterocycles. The molecule has 1 amide bonds. The number of aromatic nitrogens is 6. The highest BCUT2D eigenvalue weighted by Crippen LogP contribution is 2.17. The van der Waals surface area contributed by atoms with Gasteiger partial charge in [-0.05, 0) is 24.3 Å². The van der Waals surface area contributed by atoms with Crippen LogP contribution >= 0.6 is 0 Å². The van der Waals surface area contributed by atoms with Crippen molar-refractivity contribution in [2.45, 2.75) is 0 Å². The van der Waals surface area contributed by atoms with E-state index in [-0.39, 0.29) is 5.91 Å². The summed E-state index contributed by atoms with van der Waals surface area (Å²) in [5.41, 5.74) is 2.58. The third-order valence-electron chi connectivity index (χ3n) is 3.30. The van der Waals surface area contributed by atoms with Crippen molar-refractivity contribution in [3.63, 3.8) is 0 Å². The Morgan fingerprint density at radius 1 is 1.17 bits per heavy atom. The van der Waals surface area contributed by atoms with Gasteiger partial charge < -0.3 is 9.72 Å². The minimum atomic E-state index is -0.310. The van der Waals surface area contributed by atoms with Crippen molar-refractivity contribution >= 4 is 17.4 Å². The SMILES string of the molecule is O=C(Nc1ccccn1)c1cn2cc(-c3c[nH]nn3)ccc2n1. The van der Waals surface area contributed by atoms with Gasteiger partial charge in [0.05, 0.1) is 6.20 Å². The van der Waals surface area contributed by atoms with Gasteiger partial charge >= 0.3 is 0 Å². The lowest BCUT2D eigenvalue weighted by molar-refractivity contribution is 0.102. The summed E-state index contributed by atoms with van der Waals surface area (Å²) in [6, 6.07) is 9.00. The van der Waals surface area contributed by atoms with Gasteiger partial charge in [0, 0.05) is 24.2 Å². The molecule has 0 radical (unpaired) electrons. The molecule has 4 heterocycles. The monoisotopic (exact) mass is 305 g/mol. The van der Waals surface area contributed by atoms with Crippen molar-refractivity contribution in [1.29, 1.82) is 0 Å². The van der Waals surface area contributed by atoms with Crippen LogP contribution in [0.5, 0.6) is 0 Å². The Morgan fingerprint density at radius 2 is 2.13 bits per heavy atom. The zero-order valence-corrected chi connectivity index (χ0v) is 11.8. The molecule has 4 aromatic rings. The van der Waals surface area contributed by atoms with E-state index in [9.17, 15) is 4.79 Å². The molecular formula is C15H11N7O. The number of hydrogen-bond acceptors (Lipinski definition) is 5. The number of H-pyrrole nitrogens is 1. The van der Waals surface area contributed by atoms with Crippen molar-refractivity contribution in [3.8, 4) is 11.3 Å². The van der Waals surface area contributed by atoms with Crippen LogP contribution in [0.3, 0.4) is 0 Å². The average Bonchev–Trinajstić information content (AvgIpc) is 3.24. The lowest BCUT2D eigenvalue weighted by Gasteiger charge is -2.00. The highest BCUT2D eigenvalue weighted by atomic mass is 16.2. The second-order valence-electron chi connectivity index (χ2n) is 4.84. The molecule has 23 heavy (non-hydrogen) atoms. The van der Waals surface area contributed by atoms with Crippen molar-refractivity contribution in [3.05, 3.63) is 60.8 Å². The van der Waals surface area contributed by atoms with E-state index in [0.717, 1.165) is 11.3 Å². The van der Waals surface area contributed by atoms with E-state index in [4.69, 9.17) is 0 Å². The Morgan fingerprint density at radius 3 is 2.91 bits per heavy atom. The fourth-order valence-electron chi connectivity index (χ4n) is 2.21. The van der Waals surface area contributed by atoms with Gasteiger partial charge in [0.15, 0.2) is 0 Å². The van der Waals surface area contributed by atoms with E-state index in [2.05, 4.69) is 30.7 Å². The van der Waals surface area contributed by atoms with Crippen LogP contribution in [-0.4, -0.2) is 35.7 Å². The highest BCUT2D eigenvalue weighted by molar-refractivity contribution is 6.02. The van der Waals surface area contributed by atoms with Gasteiger partial charge in [0.25, 0.3) is 5.91 Å². The maximum absolute atomic E-state index is 12.2. The van der Waals surface area contributed by atoms with Crippen LogP contribution in [0.2, 0.25) is 0 Å². The van der Waals surface area contributed by atoms with Gasteiger partial charge in [-0.15, -0.1) is 5.10 Å². The molecule has 0 aliphatic rings. The fourth-order valence-corrected chi connectivity index (χ4v) is 2.21. The van der Waals surface area contributed by atoms with Crippen molar-refractivity contribution in [1.82, 2.24) is 29.8 Å². The van der Waals surface area contributed by atoms with E-state index in [1.807, 2.05) is 18.3 Å². The molecule has 0 aromatic carbocycles. The molecule has 0 unspecified atom stereocenters. The number of aromatic amines is 1. The lowest BCUT2D eigenvalue weighted by Crippen LogP contribution is -2.13. The number of nitrogens with one attached hydrogen (secondary N) is 2. The number of fused-ring (bicyclic) bond motifs is 1. The number of imidazole rings is 1. The van der Waals surface area contributed by atoms with Crippen molar-refractivity contribution < 1.29 is 4.79 Å². The first kappa shape index (κ1) is 13.1. The van der Waals surface area contributed by atoms with Crippen LogP contribution in [0.4, 0.5) is 5.82 Å². The van der Waals surface area contributed by atoms with E-state index >= 15 is 0 Å². The van der Waals surface area contributed by atoms with Gasteiger partial charge in [-0.25, -0.2) is 9.97 Å². The lowest BCUT2D eigenvalue weighted by atomic mass is 10.2. The normalized spacial score (nSPS) is 10.8. The summed E-state index contributed by atoms with van der Waals surface area (Å²) in [7, 11) is 0. The zero-order valence-electron chi connectivity index (χ0n) is 11.8. The van der Waals surface area contributed by atoms with Gasteiger partial charge in [-0.3, -0.25) is 9.89 Å². The molecule has 4 rings (SSSR count). The summed E-state index contributed by atoms with van der Waals surface area (Å²) >= 11 is 0. The van der Waals surface area contributed by atoms with E-state index in [0.29, 0.717) is 17.2 Å². The van der Waals surface area contributed by atoms with E-state index in [1.165, 1.54) is 0 Å². The molecule has 0 atom stereocenters. The largest absolute Gasteiger partial charge is 0.306 e. The maximum atomic E-state index is 12.2. The van der Waals surface area contributed by atoms with Crippen LogP contribution < -0.4 is 5.32 Å². The third-order valence-corrected chi connectivity index (χ3v) is 3.30. The molecule has 0 spiro atoms. The number of amides is 1. The molecule has 0 fully saturated rings. The molecule has 112 valence electrons. The molecule has 0 aliphatic carbocycles. The summed E-state index contributed by atoms with van der Waals surface area (Å²) in [6.45, 7) is 0. The summed E-state index contributed by atoms with van der Waals surface area (Å²) < 4.78 is 1.78. The van der Waals surface area contributed by atoms with Crippen LogP contribution in [0.15, 0.2) is 55.1 Å². The highest BCUT2D eigenvalue weighted by Gasteiger charge is 2.12. The summed E-state index contributed by atoms with van der Waals surface area (Å²) in [6.07, 6.45) is 6.82. The van der Waals surface area contributed by atoms with Crippen molar-refractivity contribution in [2.24, 2.45) is 0 Å². The number of rotatable bonds is 3. The molecule has 8 heteroatoms. The molecule has 0 aliphatic heterocycles. The topological polar surface area (TPSA) is 101 Å². The number of carbonyl (C=O) groups excluding carboxylic acids is 1. The Balaban J connectivity index is 1.65. The molecule has 2 N–H and O–H groups in total. The maximum Gasteiger partial charge on any atom is 0.277 e. The van der Waals surface area contributed by atoms with Crippen LogP contribution in [0, 0.1) is 0 Å². The van der Waals surface area contributed by atoms with Gasteiger partial charge in [0.1, 0.15) is 22.9 Å². The summed E-state index contributed by atoms with van der Waals surface area (Å²) in [4.78, 5) is 20.6. The van der Waals surface area contributed by atoms with E-state index < -0.39 is 0 Å². The van der Waals surface area contributed by atoms with Gasteiger partial charge in [-0.1, -0.05) is 11.3 Å². The van der Waals surface area contributed by atoms with Crippen LogP contribution in [0.1, 0.15) is 10.5 Å².